The van der Waals surface area contributed by atoms with Gasteiger partial charge < -0.3 is 20.1 Å². The summed E-state index contributed by atoms with van der Waals surface area (Å²) in [6.07, 6.45) is 0. The highest BCUT2D eigenvalue weighted by atomic mass is 16.5. The molecule has 1 N–H and O–H groups in total. The molecule has 1 unspecified atom stereocenters. The molecule has 2 rings (SSSR count). The van der Waals surface area contributed by atoms with Crippen LogP contribution in [-0.4, -0.2) is 41.8 Å². The second kappa shape index (κ2) is 6.39. The van der Waals surface area contributed by atoms with Gasteiger partial charge in [0.25, 0.3) is 5.60 Å². The van der Waals surface area contributed by atoms with E-state index in [4.69, 9.17) is 5.53 Å². The molecule has 2 aromatic rings. The molecule has 0 amide bonds. The molecule has 7 heteroatoms. The number of rotatable bonds is 4. The zero-order chi connectivity index (χ0) is 17.0. The molecule has 0 radical (unpaired) electrons. The van der Waals surface area contributed by atoms with E-state index in [1.54, 1.807) is 18.2 Å². The lowest BCUT2D eigenvalue weighted by atomic mass is 9.87. The third-order valence-corrected chi connectivity index (χ3v) is 3.47. The first-order chi connectivity index (χ1) is 11.0. The minimum atomic E-state index is -2.60. The van der Waals surface area contributed by atoms with E-state index in [1.165, 1.54) is 12.1 Å². The normalized spacial score (nSPS) is 12.8. The second-order valence-corrected chi connectivity index (χ2v) is 4.70. The van der Waals surface area contributed by atoms with E-state index in [9.17, 15) is 14.7 Å². The Bertz CT molecular complexity index is 826. The third kappa shape index (κ3) is 2.70. The third-order valence-electron chi connectivity index (χ3n) is 3.47. The molecule has 0 aliphatic heterocycles. The van der Waals surface area contributed by atoms with Crippen LogP contribution in [0.2, 0.25) is 0 Å². The molecule has 0 saturated heterocycles. The molecule has 0 spiro atoms. The maximum absolute atomic E-state index is 12.1. The van der Waals surface area contributed by atoms with Gasteiger partial charge in [-0.1, -0.05) is 36.4 Å². The summed E-state index contributed by atoms with van der Waals surface area (Å²) < 4.78 is 9.03. The number of esters is 2. The van der Waals surface area contributed by atoms with Crippen molar-refractivity contribution in [1.29, 1.82) is 0 Å². The number of ether oxygens (including phenoxy) is 2. The Balaban J connectivity index is 2.72. The summed E-state index contributed by atoms with van der Waals surface area (Å²) in [7, 11) is 2.08. The lowest BCUT2D eigenvalue weighted by molar-refractivity contribution is -0.163. The zero-order valence-electron chi connectivity index (χ0n) is 12.5. The summed E-state index contributed by atoms with van der Waals surface area (Å²) in [6, 6.07) is 11.8. The number of aliphatic hydroxyl groups is 1. The molecule has 0 bridgehead atoms. The molecule has 0 aliphatic rings. The van der Waals surface area contributed by atoms with Crippen LogP contribution in [0.25, 0.3) is 16.3 Å². The summed E-state index contributed by atoms with van der Waals surface area (Å²) in [5.41, 5.74) is 5.63. The van der Waals surface area contributed by atoms with Crippen molar-refractivity contribution in [2.75, 3.05) is 14.2 Å². The largest absolute Gasteiger partial charge is 0.466 e. The SMILES string of the molecule is COC(=O)C(=[N+]=[N-])C(O)(C(=O)OC)c1ccc2ccccc2c1. The average Bonchev–Trinajstić information content (AvgIpc) is 2.60. The fraction of sp³-hybridized carbons (Fsp3) is 0.188. The number of hydrogen-bond acceptors (Lipinski definition) is 5. The molecule has 118 valence electrons. The van der Waals surface area contributed by atoms with E-state index in [1.807, 2.05) is 12.1 Å². The lowest BCUT2D eigenvalue weighted by Gasteiger charge is -2.20. The van der Waals surface area contributed by atoms with Gasteiger partial charge in [0.05, 0.1) is 14.2 Å². The number of benzene rings is 2. The highest BCUT2D eigenvalue weighted by molar-refractivity contribution is 6.41. The van der Waals surface area contributed by atoms with E-state index in [0.29, 0.717) is 0 Å². The van der Waals surface area contributed by atoms with Crippen LogP contribution >= 0.6 is 0 Å². The van der Waals surface area contributed by atoms with Crippen molar-refractivity contribution >= 4 is 28.4 Å². The summed E-state index contributed by atoms with van der Waals surface area (Å²) in [5.74, 6) is -2.33. The van der Waals surface area contributed by atoms with Gasteiger partial charge in [0.15, 0.2) is 0 Å². The van der Waals surface area contributed by atoms with Crippen molar-refractivity contribution in [2.24, 2.45) is 0 Å². The maximum Gasteiger partial charge on any atom is 0.423 e. The molecule has 0 saturated carbocycles. The van der Waals surface area contributed by atoms with E-state index in [0.717, 1.165) is 25.0 Å². The quantitative estimate of drug-likeness (QED) is 0.392. The van der Waals surface area contributed by atoms with Crippen LogP contribution in [0.4, 0.5) is 0 Å². The average molecular weight is 314 g/mol. The van der Waals surface area contributed by atoms with Crippen molar-refractivity contribution in [3.63, 3.8) is 0 Å². The Kier molecular flexibility index (Phi) is 4.55. The van der Waals surface area contributed by atoms with Gasteiger partial charge in [-0.3, -0.25) is 0 Å². The molecule has 0 heterocycles. The van der Waals surface area contributed by atoms with Crippen LogP contribution in [0.1, 0.15) is 5.56 Å². The molecule has 2 aromatic carbocycles. The van der Waals surface area contributed by atoms with Crippen LogP contribution in [0.5, 0.6) is 0 Å². The molecule has 1 atom stereocenters. The Morgan fingerprint density at radius 1 is 1.09 bits per heavy atom. The van der Waals surface area contributed by atoms with Gasteiger partial charge in [-0.15, -0.1) is 0 Å². The Hall–Kier alpha value is -3.02. The zero-order valence-corrected chi connectivity index (χ0v) is 12.5. The van der Waals surface area contributed by atoms with E-state index in [2.05, 4.69) is 14.3 Å². The minimum Gasteiger partial charge on any atom is -0.466 e. The smallest absolute Gasteiger partial charge is 0.423 e. The summed E-state index contributed by atoms with van der Waals surface area (Å²) >= 11 is 0. The van der Waals surface area contributed by atoms with Gasteiger partial charge in [-0.25, -0.2) is 9.59 Å². The van der Waals surface area contributed by atoms with Gasteiger partial charge in [0, 0.05) is 5.56 Å². The standard InChI is InChI=1S/C16H14N2O5/c1-22-14(19)13(18-17)16(21,15(20)23-2)12-8-7-10-5-3-4-6-11(10)9-12/h3-9,21H,1-2H3. The van der Waals surface area contributed by atoms with Crippen LogP contribution in [0, 0.1) is 0 Å². The molecule has 23 heavy (non-hydrogen) atoms. The second-order valence-electron chi connectivity index (χ2n) is 4.70. The summed E-state index contributed by atoms with van der Waals surface area (Å²) in [4.78, 5) is 26.6. The molecule has 7 nitrogen and oxygen atoms in total. The van der Waals surface area contributed by atoms with Crippen molar-refractivity contribution in [3.05, 3.63) is 53.6 Å². The summed E-state index contributed by atoms with van der Waals surface area (Å²) in [5, 5.41) is 12.4. The van der Waals surface area contributed by atoms with Crippen molar-refractivity contribution in [2.45, 2.75) is 5.60 Å². The summed E-state index contributed by atoms with van der Waals surface area (Å²) in [6.45, 7) is 0. The molecule has 0 fully saturated rings. The van der Waals surface area contributed by atoms with Crippen LogP contribution in [0.3, 0.4) is 0 Å². The van der Waals surface area contributed by atoms with Crippen molar-refractivity contribution in [1.82, 2.24) is 0 Å². The Morgan fingerprint density at radius 3 is 2.30 bits per heavy atom. The molecular formula is C16H14N2O5. The van der Waals surface area contributed by atoms with Crippen molar-refractivity contribution in [3.8, 4) is 0 Å². The fourth-order valence-electron chi connectivity index (χ4n) is 2.27. The van der Waals surface area contributed by atoms with Gasteiger partial charge in [-0.05, 0) is 16.8 Å². The molecule has 0 aliphatic carbocycles. The number of methoxy groups -OCH3 is 2. The Labute approximate surface area is 131 Å². The monoisotopic (exact) mass is 314 g/mol. The first-order valence-electron chi connectivity index (χ1n) is 6.60. The predicted molar refractivity (Wildman–Crippen MR) is 80.5 cm³/mol. The minimum absolute atomic E-state index is 0.0150. The van der Waals surface area contributed by atoms with Gasteiger partial charge in [-0.2, -0.15) is 4.79 Å². The Morgan fingerprint density at radius 2 is 1.74 bits per heavy atom. The molecular weight excluding hydrogens is 300 g/mol. The highest BCUT2D eigenvalue weighted by Crippen LogP contribution is 2.28. The van der Waals surface area contributed by atoms with Crippen molar-refractivity contribution < 1.29 is 29.0 Å². The number of nitrogens with zero attached hydrogens (tertiary/aromatic N) is 2. The number of carbonyl (C=O) groups excluding carboxylic acids is 2. The predicted octanol–water partition coefficient (Wildman–Crippen LogP) is 1.04. The van der Waals surface area contributed by atoms with E-state index < -0.39 is 23.3 Å². The number of fused-ring (bicyclic) bond motifs is 1. The topological polar surface area (TPSA) is 109 Å². The van der Waals surface area contributed by atoms with E-state index in [-0.39, 0.29) is 5.56 Å². The van der Waals surface area contributed by atoms with Gasteiger partial charge in [0.2, 0.25) is 0 Å². The number of carbonyl (C=O) groups is 2. The van der Waals surface area contributed by atoms with Crippen LogP contribution in [-0.2, 0) is 24.7 Å². The highest BCUT2D eigenvalue weighted by Gasteiger charge is 2.55. The van der Waals surface area contributed by atoms with Crippen LogP contribution < -0.4 is 0 Å². The lowest BCUT2D eigenvalue weighted by Crippen LogP contribution is -2.49. The van der Waals surface area contributed by atoms with Gasteiger partial charge >= 0.3 is 17.7 Å². The first-order valence-corrected chi connectivity index (χ1v) is 6.60. The first kappa shape index (κ1) is 16.4. The van der Waals surface area contributed by atoms with Gasteiger partial charge in [0.1, 0.15) is 0 Å². The molecule has 0 aromatic heterocycles. The van der Waals surface area contributed by atoms with E-state index >= 15 is 0 Å². The fourth-order valence-corrected chi connectivity index (χ4v) is 2.27. The number of hydrogen-bond donors (Lipinski definition) is 1. The van der Waals surface area contributed by atoms with Crippen LogP contribution in [0.15, 0.2) is 42.5 Å². The maximum atomic E-state index is 12.1.